The smallest absolute Gasteiger partial charge is 0.214 e. The zero-order valence-electron chi connectivity index (χ0n) is 8.04. The highest BCUT2D eigenvalue weighted by Gasteiger charge is 2.53. The first-order valence-corrected chi connectivity index (χ1v) is 6.58. The van der Waals surface area contributed by atoms with Gasteiger partial charge in [0.2, 0.25) is 10.0 Å². The zero-order chi connectivity index (χ0) is 9.53. The predicted octanol–water partition coefficient (Wildman–Crippen LogP) is 1.26. The Labute approximate surface area is 80.0 Å². The average Bonchev–Trinajstić information content (AvgIpc) is 2.51. The van der Waals surface area contributed by atoms with Gasteiger partial charge < -0.3 is 0 Å². The largest absolute Gasteiger partial charge is 0.218 e. The summed E-state index contributed by atoms with van der Waals surface area (Å²) in [5.74, 6) is 0. The van der Waals surface area contributed by atoms with Crippen molar-refractivity contribution in [2.24, 2.45) is 5.41 Å². The summed E-state index contributed by atoms with van der Waals surface area (Å²) in [4.78, 5) is 0. The molecule has 0 bridgehead atoms. The van der Waals surface area contributed by atoms with E-state index in [1.807, 2.05) is 0 Å². The van der Waals surface area contributed by atoms with E-state index in [0.717, 1.165) is 25.7 Å². The van der Waals surface area contributed by atoms with Crippen LogP contribution in [-0.4, -0.2) is 20.7 Å². The van der Waals surface area contributed by atoms with Gasteiger partial charge in [0.25, 0.3) is 0 Å². The van der Waals surface area contributed by atoms with Gasteiger partial charge in [0.1, 0.15) is 0 Å². The van der Waals surface area contributed by atoms with Crippen molar-refractivity contribution in [1.82, 2.24) is 4.72 Å². The third kappa shape index (κ3) is 1.31. The van der Waals surface area contributed by atoms with Crippen LogP contribution in [0.1, 0.15) is 38.5 Å². The van der Waals surface area contributed by atoms with Crippen LogP contribution in [0.15, 0.2) is 0 Å². The molecule has 13 heavy (non-hydrogen) atoms. The van der Waals surface area contributed by atoms with Gasteiger partial charge in [0.05, 0.1) is 5.25 Å². The minimum absolute atomic E-state index is 0.0903. The number of sulfonamides is 1. The normalized spacial score (nSPS) is 31.9. The van der Waals surface area contributed by atoms with Gasteiger partial charge in [-0.3, -0.25) is 0 Å². The van der Waals surface area contributed by atoms with E-state index >= 15 is 0 Å². The van der Waals surface area contributed by atoms with E-state index in [-0.39, 0.29) is 10.7 Å². The molecule has 0 saturated heterocycles. The Hall–Kier alpha value is -0.0900. The van der Waals surface area contributed by atoms with Crippen LogP contribution in [0.2, 0.25) is 0 Å². The lowest BCUT2D eigenvalue weighted by atomic mass is 9.67. The Kier molecular flexibility index (Phi) is 2.15. The van der Waals surface area contributed by atoms with Crippen LogP contribution in [0.3, 0.4) is 0 Å². The molecule has 4 heteroatoms. The standard InChI is InChI=1S/C9H17NO2S/c1-10-13(11,12)8-4-7-9(8)5-2-3-6-9/h8,10H,2-7H2,1H3. The van der Waals surface area contributed by atoms with Crippen molar-refractivity contribution in [3.63, 3.8) is 0 Å². The molecule has 3 nitrogen and oxygen atoms in total. The molecule has 2 rings (SSSR count). The van der Waals surface area contributed by atoms with Crippen LogP contribution < -0.4 is 4.72 Å². The van der Waals surface area contributed by atoms with Crippen molar-refractivity contribution in [1.29, 1.82) is 0 Å². The lowest BCUT2D eigenvalue weighted by Crippen LogP contribution is -2.51. The van der Waals surface area contributed by atoms with Gasteiger partial charge in [0, 0.05) is 0 Å². The molecule has 0 heterocycles. The zero-order valence-corrected chi connectivity index (χ0v) is 8.86. The van der Waals surface area contributed by atoms with Crippen LogP contribution in [0.25, 0.3) is 0 Å². The Morgan fingerprint density at radius 1 is 1.23 bits per heavy atom. The molecular weight excluding hydrogens is 186 g/mol. The maximum Gasteiger partial charge on any atom is 0.214 e. The van der Waals surface area contributed by atoms with E-state index in [1.54, 1.807) is 0 Å². The summed E-state index contributed by atoms with van der Waals surface area (Å²) >= 11 is 0. The third-order valence-electron chi connectivity index (χ3n) is 3.85. The number of rotatable bonds is 2. The summed E-state index contributed by atoms with van der Waals surface area (Å²) in [6, 6.07) is 0. The molecule has 0 radical (unpaired) electrons. The molecule has 1 N–H and O–H groups in total. The summed E-state index contributed by atoms with van der Waals surface area (Å²) in [7, 11) is -1.48. The Bertz CT molecular complexity index is 291. The van der Waals surface area contributed by atoms with Crippen LogP contribution >= 0.6 is 0 Å². The average molecular weight is 203 g/mol. The first-order valence-electron chi connectivity index (χ1n) is 5.03. The molecule has 2 saturated carbocycles. The molecule has 76 valence electrons. The van der Waals surface area contributed by atoms with E-state index in [2.05, 4.69) is 4.72 Å². The van der Waals surface area contributed by atoms with E-state index in [1.165, 1.54) is 19.9 Å². The lowest BCUT2D eigenvalue weighted by molar-refractivity contribution is 0.148. The van der Waals surface area contributed by atoms with Gasteiger partial charge in [-0.25, -0.2) is 13.1 Å². The van der Waals surface area contributed by atoms with E-state index in [0.29, 0.717) is 0 Å². The highest BCUT2D eigenvalue weighted by molar-refractivity contribution is 7.90. The first kappa shape index (κ1) is 9.46. The number of hydrogen-bond acceptors (Lipinski definition) is 2. The maximum absolute atomic E-state index is 11.6. The van der Waals surface area contributed by atoms with Crippen molar-refractivity contribution in [2.75, 3.05) is 7.05 Å². The van der Waals surface area contributed by atoms with Gasteiger partial charge >= 0.3 is 0 Å². The summed E-state index contributed by atoms with van der Waals surface area (Å²) in [6.07, 6.45) is 6.67. The number of hydrogen-bond donors (Lipinski definition) is 1. The molecule has 0 amide bonds. The fourth-order valence-electron chi connectivity index (χ4n) is 2.95. The van der Waals surface area contributed by atoms with Gasteiger partial charge in [0.15, 0.2) is 0 Å². The maximum atomic E-state index is 11.6. The first-order chi connectivity index (χ1) is 6.11. The molecule has 0 aromatic carbocycles. The Balaban J connectivity index is 2.18. The second kappa shape index (κ2) is 2.95. The fraction of sp³-hybridized carbons (Fsp3) is 1.00. The quantitative estimate of drug-likeness (QED) is 0.734. The summed E-state index contributed by atoms with van der Waals surface area (Å²) in [6.45, 7) is 0. The molecule has 1 unspecified atom stereocenters. The topological polar surface area (TPSA) is 46.2 Å². The van der Waals surface area contributed by atoms with Crippen LogP contribution in [0.4, 0.5) is 0 Å². The third-order valence-corrected chi connectivity index (χ3v) is 5.90. The second-order valence-corrected chi connectivity index (χ2v) is 6.41. The molecule has 1 atom stereocenters. The summed E-state index contributed by atoms with van der Waals surface area (Å²) in [5, 5.41) is -0.0903. The molecule has 0 aromatic heterocycles. The molecule has 0 aromatic rings. The summed E-state index contributed by atoms with van der Waals surface area (Å²) < 4.78 is 25.7. The molecule has 0 aliphatic heterocycles. The van der Waals surface area contributed by atoms with Crippen LogP contribution in [0.5, 0.6) is 0 Å². The predicted molar refractivity (Wildman–Crippen MR) is 51.9 cm³/mol. The van der Waals surface area contributed by atoms with Crippen molar-refractivity contribution in [3.8, 4) is 0 Å². The van der Waals surface area contributed by atoms with Gasteiger partial charge in [-0.05, 0) is 38.1 Å². The van der Waals surface area contributed by atoms with Gasteiger partial charge in [-0.15, -0.1) is 0 Å². The molecule has 2 aliphatic rings. The minimum Gasteiger partial charge on any atom is -0.218 e. The van der Waals surface area contributed by atoms with Crippen molar-refractivity contribution < 1.29 is 8.42 Å². The van der Waals surface area contributed by atoms with Crippen molar-refractivity contribution in [3.05, 3.63) is 0 Å². The van der Waals surface area contributed by atoms with Gasteiger partial charge in [-0.1, -0.05) is 12.8 Å². The van der Waals surface area contributed by atoms with E-state index < -0.39 is 10.0 Å². The van der Waals surface area contributed by atoms with Crippen molar-refractivity contribution >= 4 is 10.0 Å². The monoisotopic (exact) mass is 203 g/mol. The minimum atomic E-state index is -3.00. The molecular formula is C9H17NO2S. The lowest BCUT2D eigenvalue weighted by Gasteiger charge is -2.46. The highest BCUT2D eigenvalue weighted by atomic mass is 32.2. The Morgan fingerprint density at radius 2 is 1.85 bits per heavy atom. The van der Waals surface area contributed by atoms with Gasteiger partial charge in [-0.2, -0.15) is 0 Å². The van der Waals surface area contributed by atoms with E-state index in [9.17, 15) is 8.42 Å². The second-order valence-electron chi connectivity index (χ2n) is 4.35. The molecule has 2 fully saturated rings. The Morgan fingerprint density at radius 3 is 2.23 bits per heavy atom. The number of nitrogens with one attached hydrogen (secondary N) is 1. The van der Waals surface area contributed by atoms with E-state index in [4.69, 9.17) is 0 Å². The van der Waals surface area contributed by atoms with Crippen LogP contribution in [0, 0.1) is 5.41 Å². The highest BCUT2D eigenvalue weighted by Crippen LogP contribution is 2.55. The molecule has 1 spiro atoms. The van der Waals surface area contributed by atoms with Crippen LogP contribution in [-0.2, 0) is 10.0 Å². The summed E-state index contributed by atoms with van der Waals surface area (Å²) in [5.41, 5.74) is 0.168. The fourth-order valence-corrected chi connectivity index (χ4v) is 4.67. The van der Waals surface area contributed by atoms with Crippen molar-refractivity contribution in [2.45, 2.75) is 43.8 Å². The molecule has 2 aliphatic carbocycles. The SMILES string of the molecule is CNS(=O)(=O)C1CCC12CCCC2.